The van der Waals surface area contributed by atoms with Gasteiger partial charge in [-0.05, 0) is 50.5 Å². The van der Waals surface area contributed by atoms with Crippen molar-refractivity contribution in [1.29, 1.82) is 0 Å². The molecule has 170 valence electrons. The predicted octanol–water partition coefficient (Wildman–Crippen LogP) is 3.94. The van der Waals surface area contributed by atoms with Crippen molar-refractivity contribution in [3.05, 3.63) is 42.6 Å². The van der Waals surface area contributed by atoms with Crippen LogP contribution in [0.3, 0.4) is 0 Å². The molecule has 1 atom stereocenters. The minimum atomic E-state index is -3.89. The SMILES string of the molecule is CC(C)C[C@@H]1COc2cc(-c3ccnn3C(C)C)nc(n2)NS(=O)(=O)c2cccc(c2)N1. The first-order chi connectivity index (χ1) is 15.2. The molecule has 9 nitrogen and oxygen atoms in total. The molecule has 4 rings (SSSR count). The van der Waals surface area contributed by atoms with Crippen molar-refractivity contribution in [3.63, 3.8) is 0 Å². The highest BCUT2D eigenvalue weighted by atomic mass is 32.2. The molecule has 2 aromatic heterocycles. The molecule has 0 saturated heterocycles. The van der Waals surface area contributed by atoms with Crippen LogP contribution in [0.2, 0.25) is 0 Å². The second-order valence-electron chi connectivity index (χ2n) is 8.58. The largest absolute Gasteiger partial charge is 0.475 e. The van der Waals surface area contributed by atoms with Crippen LogP contribution in [0, 0.1) is 5.92 Å². The second-order valence-corrected chi connectivity index (χ2v) is 10.3. The average molecular weight is 457 g/mol. The fraction of sp³-hybridized carbons (Fsp3) is 0.409. The molecule has 0 radical (unpaired) electrons. The lowest BCUT2D eigenvalue weighted by atomic mass is 10.0. The molecular weight excluding hydrogens is 428 g/mol. The van der Waals surface area contributed by atoms with Crippen LogP contribution < -0.4 is 14.8 Å². The summed E-state index contributed by atoms with van der Waals surface area (Å²) in [5.74, 6) is 0.673. The van der Waals surface area contributed by atoms with Gasteiger partial charge < -0.3 is 10.1 Å². The zero-order chi connectivity index (χ0) is 22.9. The van der Waals surface area contributed by atoms with Gasteiger partial charge in [0.05, 0.1) is 22.3 Å². The molecule has 0 spiro atoms. The number of nitrogens with one attached hydrogen (secondary N) is 2. The highest BCUT2D eigenvalue weighted by molar-refractivity contribution is 7.92. The summed E-state index contributed by atoms with van der Waals surface area (Å²) in [7, 11) is -3.89. The van der Waals surface area contributed by atoms with E-state index in [4.69, 9.17) is 4.74 Å². The Kier molecular flexibility index (Phi) is 6.05. The third-order valence-corrected chi connectivity index (χ3v) is 6.38. The van der Waals surface area contributed by atoms with Crippen LogP contribution in [0.4, 0.5) is 11.6 Å². The van der Waals surface area contributed by atoms with Crippen molar-refractivity contribution in [1.82, 2.24) is 19.7 Å². The third kappa shape index (κ3) is 4.85. The van der Waals surface area contributed by atoms with Gasteiger partial charge in [0.15, 0.2) is 0 Å². The van der Waals surface area contributed by atoms with Gasteiger partial charge in [-0.2, -0.15) is 10.1 Å². The molecule has 0 saturated carbocycles. The molecule has 1 aliphatic heterocycles. The maximum Gasteiger partial charge on any atom is 0.264 e. The van der Waals surface area contributed by atoms with E-state index in [1.165, 1.54) is 0 Å². The molecule has 3 aromatic rings. The van der Waals surface area contributed by atoms with Gasteiger partial charge >= 0.3 is 0 Å². The van der Waals surface area contributed by atoms with E-state index in [9.17, 15) is 8.42 Å². The quantitative estimate of drug-likeness (QED) is 0.612. The van der Waals surface area contributed by atoms with Crippen LogP contribution in [0.5, 0.6) is 5.88 Å². The van der Waals surface area contributed by atoms with Crippen molar-refractivity contribution in [2.24, 2.45) is 5.92 Å². The maximum atomic E-state index is 13.0. The standard InChI is InChI=1S/C22H28N6O3S/c1-14(2)10-17-13-31-21-12-19(20-8-9-23-28(20)15(3)4)25-22(26-21)27-32(29,30)18-7-5-6-16(11-18)24-17/h5-9,11-12,14-15,17,24H,10,13H2,1-4H3,(H,25,26,27)/t17-/m1/s1. The van der Waals surface area contributed by atoms with Gasteiger partial charge in [-0.15, -0.1) is 0 Å². The molecule has 3 heterocycles. The molecule has 0 aliphatic carbocycles. The lowest BCUT2D eigenvalue weighted by molar-refractivity contribution is 0.271. The Morgan fingerprint density at radius 3 is 2.72 bits per heavy atom. The van der Waals surface area contributed by atoms with E-state index in [0.717, 1.165) is 12.1 Å². The Morgan fingerprint density at radius 1 is 1.16 bits per heavy atom. The van der Waals surface area contributed by atoms with Crippen LogP contribution in [0.15, 0.2) is 47.5 Å². The summed E-state index contributed by atoms with van der Waals surface area (Å²) >= 11 is 0. The fourth-order valence-corrected chi connectivity index (χ4v) is 4.69. The number of hydrogen-bond donors (Lipinski definition) is 2. The number of fused-ring (bicyclic) bond motifs is 4. The van der Waals surface area contributed by atoms with Crippen LogP contribution in [-0.2, 0) is 10.0 Å². The normalized spacial score (nSPS) is 17.6. The molecule has 0 unspecified atom stereocenters. The second kappa shape index (κ2) is 8.78. The first kappa shape index (κ1) is 22.1. The van der Waals surface area contributed by atoms with Crippen molar-refractivity contribution >= 4 is 21.7 Å². The van der Waals surface area contributed by atoms with E-state index in [0.29, 0.717) is 29.8 Å². The molecule has 1 aliphatic rings. The first-order valence-electron chi connectivity index (χ1n) is 10.7. The van der Waals surface area contributed by atoms with Crippen molar-refractivity contribution in [2.45, 2.75) is 51.1 Å². The fourth-order valence-electron chi connectivity index (χ4n) is 3.70. The highest BCUT2D eigenvalue weighted by Crippen LogP contribution is 2.27. The molecule has 10 heteroatoms. The van der Waals surface area contributed by atoms with Gasteiger partial charge in [-0.25, -0.2) is 18.1 Å². The molecule has 1 aromatic carbocycles. The van der Waals surface area contributed by atoms with Gasteiger partial charge in [0, 0.05) is 24.0 Å². The van der Waals surface area contributed by atoms with E-state index in [1.54, 1.807) is 30.5 Å². The van der Waals surface area contributed by atoms with Gasteiger partial charge in [-0.3, -0.25) is 4.68 Å². The monoisotopic (exact) mass is 456 g/mol. The number of ether oxygens (including phenoxy) is 1. The minimum Gasteiger partial charge on any atom is -0.475 e. The highest BCUT2D eigenvalue weighted by Gasteiger charge is 2.22. The minimum absolute atomic E-state index is 0.0246. The van der Waals surface area contributed by atoms with Crippen molar-refractivity contribution in [3.8, 4) is 17.3 Å². The molecule has 0 amide bonds. The molecular formula is C22H28N6O3S. The number of hydrogen-bond acceptors (Lipinski definition) is 7. The third-order valence-electron chi connectivity index (χ3n) is 5.05. The number of aromatic nitrogens is 4. The zero-order valence-corrected chi connectivity index (χ0v) is 19.4. The number of benzene rings is 1. The molecule has 4 bridgehead atoms. The van der Waals surface area contributed by atoms with Crippen LogP contribution in [-0.4, -0.2) is 40.8 Å². The van der Waals surface area contributed by atoms with Gasteiger partial charge in [0.25, 0.3) is 10.0 Å². The zero-order valence-electron chi connectivity index (χ0n) is 18.6. The van der Waals surface area contributed by atoms with E-state index in [1.807, 2.05) is 30.7 Å². The van der Waals surface area contributed by atoms with Crippen LogP contribution in [0.1, 0.15) is 40.2 Å². The lowest BCUT2D eigenvalue weighted by Crippen LogP contribution is -2.29. The predicted molar refractivity (Wildman–Crippen MR) is 123 cm³/mol. The summed E-state index contributed by atoms with van der Waals surface area (Å²) in [6.45, 7) is 8.67. The maximum absolute atomic E-state index is 13.0. The summed E-state index contributed by atoms with van der Waals surface area (Å²) in [4.78, 5) is 8.92. The Labute approximate surface area is 188 Å². The summed E-state index contributed by atoms with van der Waals surface area (Å²) in [5, 5.41) is 7.76. The Hall–Kier alpha value is -3.14. The van der Waals surface area contributed by atoms with E-state index in [-0.39, 0.29) is 22.9 Å². The smallest absolute Gasteiger partial charge is 0.264 e. The summed E-state index contributed by atoms with van der Waals surface area (Å²) < 4.78 is 36.4. The van der Waals surface area contributed by atoms with Crippen molar-refractivity contribution in [2.75, 3.05) is 16.6 Å². The van der Waals surface area contributed by atoms with E-state index in [2.05, 4.69) is 39.0 Å². The first-order valence-corrected chi connectivity index (χ1v) is 12.1. The summed E-state index contributed by atoms with van der Waals surface area (Å²) in [6, 6.07) is 10.3. The summed E-state index contributed by atoms with van der Waals surface area (Å²) in [5.41, 5.74) is 1.99. The van der Waals surface area contributed by atoms with Gasteiger partial charge in [0.2, 0.25) is 11.8 Å². The molecule has 0 fully saturated rings. The Morgan fingerprint density at radius 2 is 1.97 bits per heavy atom. The van der Waals surface area contributed by atoms with Crippen LogP contribution in [0.25, 0.3) is 11.4 Å². The van der Waals surface area contributed by atoms with E-state index < -0.39 is 10.0 Å². The molecule has 2 N–H and O–H groups in total. The Bertz CT molecular complexity index is 1210. The Balaban J connectivity index is 1.81. The lowest BCUT2D eigenvalue weighted by Gasteiger charge is -2.23. The average Bonchev–Trinajstić information content (AvgIpc) is 3.21. The van der Waals surface area contributed by atoms with E-state index >= 15 is 0 Å². The number of nitrogens with zero attached hydrogens (tertiary/aromatic N) is 4. The number of sulfonamides is 1. The van der Waals surface area contributed by atoms with Crippen LogP contribution >= 0.6 is 0 Å². The van der Waals surface area contributed by atoms with Crippen molar-refractivity contribution < 1.29 is 13.2 Å². The summed E-state index contributed by atoms with van der Waals surface area (Å²) in [6.07, 6.45) is 2.54. The number of anilines is 2. The number of rotatable bonds is 4. The van der Waals surface area contributed by atoms with Gasteiger partial charge in [-0.1, -0.05) is 19.9 Å². The van der Waals surface area contributed by atoms with Gasteiger partial charge in [0.1, 0.15) is 6.61 Å². The topological polar surface area (TPSA) is 111 Å². The molecule has 32 heavy (non-hydrogen) atoms.